The maximum absolute atomic E-state index is 13.3. The average Bonchev–Trinajstić information content (AvgIpc) is 3.32. The number of carboxylic acid groups (broad SMARTS) is 1. The summed E-state index contributed by atoms with van der Waals surface area (Å²) in [5, 5.41) is 33.2. The zero-order valence-corrected chi connectivity index (χ0v) is 41.7. The van der Waals surface area contributed by atoms with Gasteiger partial charge in [-0.1, -0.05) is 163 Å². The summed E-state index contributed by atoms with van der Waals surface area (Å²) >= 11 is 0. The normalized spacial score (nSPS) is 13.6. The molecule has 0 aliphatic carbocycles. The Morgan fingerprint density at radius 1 is 0.479 bits per heavy atom. The van der Waals surface area contributed by atoms with Crippen LogP contribution in [0.5, 0.6) is 0 Å². The van der Waals surface area contributed by atoms with E-state index in [4.69, 9.17) is 11.5 Å². The number of unbranched alkanes of at least 4 members (excludes halogenated alkanes) is 11. The van der Waals surface area contributed by atoms with Gasteiger partial charge in [0.05, 0.1) is 12.5 Å². The molecule has 0 aliphatic rings. The van der Waals surface area contributed by atoms with Gasteiger partial charge in [-0.2, -0.15) is 0 Å². The van der Waals surface area contributed by atoms with Crippen molar-refractivity contribution in [2.75, 3.05) is 0 Å². The molecule has 6 atom stereocenters. The Bertz CT molecular complexity index is 2140. The third kappa shape index (κ3) is 23.7. The predicted molar refractivity (Wildman–Crippen MR) is 272 cm³/mol. The van der Waals surface area contributed by atoms with E-state index in [0.29, 0.717) is 18.4 Å². The second-order valence-electron chi connectivity index (χ2n) is 18.8. The summed E-state index contributed by atoms with van der Waals surface area (Å²) < 4.78 is 0. The van der Waals surface area contributed by atoms with Crippen molar-refractivity contribution in [3.63, 3.8) is 0 Å². The van der Waals surface area contributed by atoms with Crippen LogP contribution in [0.3, 0.4) is 0 Å². The van der Waals surface area contributed by atoms with Crippen LogP contribution in [-0.2, 0) is 51.2 Å². The molecule has 3 rings (SSSR count). The Labute approximate surface area is 418 Å². The minimum absolute atomic E-state index is 0.000854. The lowest BCUT2D eigenvalue weighted by molar-refractivity contribution is -0.142. The van der Waals surface area contributed by atoms with Crippen molar-refractivity contribution in [1.82, 2.24) is 26.6 Å². The highest BCUT2D eigenvalue weighted by Crippen LogP contribution is 2.20. The molecule has 0 aliphatic heterocycles. The van der Waals surface area contributed by atoms with Crippen LogP contribution in [0.4, 0.5) is 0 Å². The summed E-state index contributed by atoms with van der Waals surface area (Å²) in [7, 11) is 0. The van der Waals surface area contributed by atoms with Crippen molar-refractivity contribution in [2.24, 2.45) is 17.4 Å². The van der Waals surface area contributed by atoms with Crippen molar-refractivity contribution in [3.05, 3.63) is 96.1 Å². The van der Waals surface area contributed by atoms with Crippen LogP contribution in [-0.4, -0.2) is 93.8 Å². The highest BCUT2D eigenvalue weighted by Gasteiger charge is 2.32. The number of rotatable bonds is 35. The van der Waals surface area contributed by atoms with E-state index in [-0.39, 0.29) is 43.9 Å². The zero-order chi connectivity index (χ0) is 52.1. The number of aliphatic carboxylic acids is 1. The van der Waals surface area contributed by atoms with Gasteiger partial charge in [0.25, 0.3) is 0 Å². The summed E-state index contributed by atoms with van der Waals surface area (Å²) in [6.45, 7) is 5.15. The fourth-order valence-electron chi connectivity index (χ4n) is 8.15. The summed E-state index contributed by atoms with van der Waals surface area (Å²) in [6, 6.07) is 20.2. The molecule has 0 saturated heterocycles. The number of hydrogen-bond acceptors (Lipinski definition) is 9. The highest BCUT2D eigenvalue weighted by atomic mass is 16.4. The number of hydrogen-bond donors (Lipinski definition) is 9. The van der Waals surface area contributed by atoms with Crippen molar-refractivity contribution in [3.8, 4) is 11.1 Å². The van der Waals surface area contributed by atoms with Gasteiger partial charge in [0.1, 0.15) is 30.2 Å². The second-order valence-corrected chi connectivity index (χ2v) is 18.8. The fraction of sp³-hybridized carbons (Fsp3) is 0.519. The SMILES string of the molecule is CC(C)C[C@H](NC(=O)[C@@H](NC(=O)CCCCCCCCCCCCCCC(=O)N[C@@H](CC(N)=O)C(=O)N[C@@H](Cc1ccc(-c2ccccc2)cc1)C(=O)O)[C@@H](C)O)C(=O)N[C@@H](Cc1ccccc1)C(N)=O. The number of carbonyl (C=O) groups excluding carboxylic acids is 7. The molecule has 0 bridgehead atoms. The van der Waals surface area contributed by atoms with E-state index in [9.17, 15) is 48.6 Å². The van der Waals surface area contributed by atoms with Gasteiger partial charge in [-0.3, -0.25) is 33.6 Å². The topological polar surface area (TPSA) is 289 Å². The number of carbonyl (C=O) groups is 8. The third-order valence-electron chi connectivity index (χ3n) is 12.1. The predicted octanol–water partition coefficient (Wildman–Crippen LogP) is 4.90. The van der Waals surface area contributed by atoms with E-state index in [0.717, 1.165) is 80.9 Å². The van der Waals surface area contributed by atoms with Crippen LogP contribution in [0.2, 0.25) is 0 Å². The molecule has 17 heteroatoms. The van der Waals surface area contributed by atoms with E-state index in [1.165, 1.54) is 6.92 Å². The largest absolute Gasteiger partial charge is 0.480 e. The number of carboxylic acids is 1. The molecule has 0 heterocycles. The van der Waals surface area contributed by atoms with Gasteiger partial charge in [0.15, 0.2) is 0 Å². The van der Waals surface area contributed by atoms with Gasteiger partial charge in [-0.05, 0) is 54.4 Å². The summed E-state index contributed by atoms with van der Waals surface area (Å²) in [5.41, 5.74) is 14.4. The number of nitrogens with two attached hydrogens (primary N) is 2. The van der Waals surface area contributed by atoms with E-state index in [1.54, 1.807) is 12.1 Å². The van der Waals surface area contributed by atoms with Gasteiger partial charge in [0.2, 0.25) is 41.4 Å². The second kappa shape index (κ2) is 32.3. The molecule has 3 aromatic carbocycles. The number of benzene rings is 3. The van der Waals surface area contributed by atoms with Crippen molar-refractivity contribution in [2.45, 2.75) is 173 Å². The summed E-state index contributed by atoms with van der Waals surface area (Å²) in [4.78, 5) is 101. The van der Waals surface area contributed by atoms with Crippen molar-refractivity contribution in [1.29, 1.82) is 0 Å². The number of amides is 7. The number of primary amides is 2. The molecule has 0 spiro atoms. The Balaban J connectivity index is 1.27. The first kappa shape index (κ1) is 58.7. The number of nitrogens with one attached hydrogen (secondary N) is 5. The Morgan fingerprint density at radius 2 is 0.901 bits per heavy atom. The average molecular weight is 984 g/mol. The Morgan fingerprint density at radius 3 is 1.38 bits per heavy atom. The van der Waals surface area contributed by atoms with E-state index >= 15 is 0 Å². The van der Waals surface area contributed by atoms with Crippen LogP contribution in [0, 0.1) is 5.92 Å². The number of aliphatic hydroxyl groups is 1. The van der Waals surface area contributed by atoms with Crippen LogP contribution in [0.1, 0.15) is 135 Å². The number of aliphatic hydroxyl groups excluding tert-OH is 1. The monoisotopic (exact) mass is 984 g/mol. The quantitative estimate of drug-likeness (QED) is 0.0360. The molecule has 0 radical (unpaired) electrons. The van der Waals surface area contributed by atoms with Gasteiger partial charge in [-0.25, -0.2) is 4.79 Å². The Hall–Kier alpha value is -6.62. The molecule has 0 saturated carbocycles. The maximum atomic E-state index is 13.3. The first-order valence-electron chi connectivity index (χ1n) is 25.1. The molecule has 3 aromatic rings. The summed E-state index contributed by atoms with van der Waals surface area (Å²) in [6.07, 6.45) is 10.1. The van der Waals surface area contributed by atoms with Crippen molar-refractivity contribution < 1.29 is 48.6 Å². The van der Waals surface area contributed by atoms with Crippen LogP contribution >= 0.6 is 0 Å². The first-order chi connectivity index (χ1) is 33.9. The van der Waals surface area contributed by atoms with Crippen LogP contribution in [0.15, 0.2) is 84.9 Å². The van der Waals surface area contributed by atoms with Crippen LogP contribution in [0.25, 0.3) is 11.1 Å². The molecule has 0 unspecified atom stereocenters. The maximum Gasteiger partial charge on any atom is 0.326 e. The lowest BCUT2D eigenvalue weighted by Crippen LogP contribution is -2.59. The van der Waals surface area contributed by atoms with Crippen LogP contribution < -0.4 is 38.1 Å². The minimum atomic E-state index is -1.30. The van der Waals surface area contributed by atoms with E-state index in [1.807, 2.05) is 86.6 Å². The van der Waals surface area contributed by atoms with Gasteiger partial charge < -0.3 is 48.3 Å². The fourth-order valence-corrected chi connectivity index (χ4v) is 8.15. The van der Waals surface area contributed by atoms with Crippen molar-refractivity contribution >= 4 is 47.3 Å². The molecule has 388 valence electrons. The van der Waals surface area contributed by atoms with E-state index < -0.39 is 84.1 Å². The highest BCUT2D eigenvalue weighted by molar-refractivity contribution is 5.95. The summed E-state index contributed by atoms with van der Waals surface area (Å²) in [5.74, 6) is -5.69. The third-order valence-corrected chi connectivity index (χ3v) is 12.1. The molecular formula is C54H77N7O10. The molecule has 11 N–H and O–H groups in total. The first-order valence-corrected chi connectivity index (χ1v) is 25.1. The molecule has 7 amide bonds. The molecule has 17 nitrogen and oxygen atoms in total. The van der Waals surface area contributed by atoms with Gasteiger partial charge in [0, 0.05) is 25.7 Å². The zero-order valence-electron chi connectivity index (χ0n) is 41.7. The standard InChI is InChI=1S/C54H77N7O10/c1-36(2)32-43(51(67)58-42(50(56)66)33-38-22-16-14-17-23-38)59-53(69)49(37(3)62)61-48(65)27-21-13-11-9-7-5-4-6-8-10-12-20-26-47(64)57-44(35-46(55)63)52(68)60-45(54(70)71)34-39-28-30-41(31-29-39)40-24-18-15-19-25-40/h14-19,22-25,28-31,36-37,42-45,49,62H,4-13,20-21,26-27,32-35H2,1-3H3,(H2,55,63)(H2,56,66)(H,57,64)(H,58,67)(H,59,69)(H,60,68)(H,61,65)(H,70,71)/t37-,42+,43+,44+,45+,49+/m1/s1. The van der Waals surface area contributed by atoms with Gasteiger partial charge in [-0.15, -0.1) is 0 Å². The Kier molecular flexibility index (Phi) is 26.7. The molecule has 0 aromatic heterocycles. The van der Waals surface area contributed by atoms with E-state index in [2.05, 4.69) is 26.6 Å². The lowest BCUT2D eigenvalue weighted by atomic mass is 10.0. The van der Waals surface area contributed by atoms with Gasteiger partial charge >= 0.3 is 5.97 Å². The molecule has 71 heavy (non-hydrogen) atoms. The molecular weight excluding hydrogens is 907 g/mol. The smallest absolute Gasteiger partial charge is 0.326 e. The molecule has 0 fully saturated rings. The minimum Gasteiger partial charge on any atom is -0.480 e. The lowest BCUT2D eigenvalue weighted by Gasteiger charge is -2.26.